The lowest BCUT2D eigenvalue weighted by Gasteiger charge is -2.30. The molecule has 0 saturated carbocycles. The van der Waals surface area contributed by atoms with Crippen LogP contribution in [0, 0.1) is 0 Å². The number of benzene rings is 1. The normalized spacial score (nSPS) is 17.4. The van der Waals surface area contributed by atoms with Crippen LogP contribution in [-0.2, 0) is 4.79 Å². The number of hydrogen-bond acceptors (Lipinski definition) is 4. The Morgan fingerprint density at radius 2 is 2.30 bits per heavy atom. The van der Waals surface area contributed by atoms with Crippen LogP contribution in [0.15, 0.2) is 30.9 Å². The van der Waals surface area contributed by atoms with Gasteiger partial charge >= 0.3 is 0 Å². The number of rotatable bonds is 5. The smallest absolute Gasteiger partial charge is 0.267 e. The fourth-order valence-electron chi connectivity index (χ4n) is 2.07. The summed E-state index contributed by atoms with van der Waals surface area (Å²) < 4.78 is 5.52. The van der Waals surface area contributed by atoms with Crippen molar-refractivity contribution in [1.29, 1.82) is 0 Å². The highest BCUT2D eigenvalue weighted by atomic mass is 16.5. The Kier molecular flexibility index (Phi) is 4.20. The lowest BCUT2D eigenvalue weighted by molar-refractivity contribution is -0.125. The van der Waals surface area contributed by atoms with Gasteiger partial charge in [0, 0.05) is 19.2 Å². The van der Waals surface area contributed by atoms with Crippen LogP contribution in [-0.4, -0.2) is 37.9 Å². The summed E-state index contributed by atoms with van der Waals surface area (Å²) in [5.41, 5.74) is 1.18. The Morgan fingerprint density at radius 3 is 3.00 bits per heavy atom. The molecular weight excluding hydrogens is 256 g/mol. The molecule has 1 aliphatic heterocycles. The molecule has 1 aromatic carbocycles. The zero-order valence-corrected chi connectivity index (χ0v) is 11.7. The van der Waals surface area contributed by atoms with E-state index >= 15 is 0 Å². The molecule has 5 heteroatoms. The summed E-state index contributed by atoms with van der Waals surface area (Å²) in [7, 11) is 1.68. The van der Waals surface area contributed by atoms with Crippen molar-refractivity contribution in [2.75, 3.05) is 25.0 Å². The summed E-state index contributed by atoms with van der Waals surface area (Å²) in [5.74, 6) is 0.469. The van der Waals surface area contributed by atoms with Crippen molar-refractivity contribution in [3.8, 4) is 5.75 Å². The molecule has 0 aliphatic carbocycles. The van der Waals surface area contributed by atoms with Gasteiger partial charge in [-0.3, -0.25) is 9.59 Å². The first-order valence-electron chi connectivity index (χ1n) is 6.47. The first-order valence-corrected chi connectivity index (χ1v) is 6.47. The molecule has 1 atom stereocenters. The van der Waals surface area contributed by atoms with Crippen molar-refractivity contribution in [2.45, 2.75) is 13.0 Å². The topological polar surface area (TPSA) is 58.6 Å². The number of nitrogens with zero attached hydrogens (tertiary/aromatic N) is 1. The number of carbonyl (C=O) groups excluding carboxylic acids is 2. The van der Waals surface area contributed by atoms with Crippen molar-refractivity contribution in [1.82, 2.24) is 5.32 Å². The third-order valence-electron chi connectivity index (χ3n) is 3.20. The molecule has 0 fully saturated rings. The van der Waals surface area contributed by atoms with Crippen molar-refractivity contribution in [3.63, 3.8) is 0 Å². The van der Waals surface area contributed by atoms with E-state index in [4.69, 9.17) is 4.74 Å². The standard InChI is InChI=1S/C15H18N2O3/c1-4-7-16-9-13(18)11-5-6-14-12(8-11)17(3)15(19)10(2)20-14/h4-6,8,10,16H,1,7,9H2,2-3H3. The lowest BCUT2D eigenvalue weighted by Crippen LogP contribution is -2.42. The number of Topliss-reactive ketones (excluding diaryl/α,β-unsaturated/α-hetero) is 1. The molecule has 1 heterocycles. The number of hydrogen-bond donors (Lipinski definition) is 1. The van der Waals surface area contributed by atoms with Gasteiger partial charge in [0.15, 0.2) is 11.9 Å². The minimum Gasteiger partial charge on any atom is -0.479 e. The molecule has 1 aliphatic rings. The van der Waals surface area contributed by atoms with Gasteiger partial charge in [0.25, 0.3) is 5.91 Å². The van der Waals surface area contributed by atoms with Gasteiger partial charge in [0.2, 0.25) is 0 Å². The Labute approximate surface area is 118 Å². The van der Waals surface area contributed by atoms with E-state index in [0.717, 1.165) is 0 Å². The third-order valence-corrected chi connectivity index (χ3v) is 3.20. The molecule has 5 nitrogen and oxygen atoms in total. The van der Waals surface area contributed by atoms with E-state index in [0.29, 0.717) is 23.5 Å². The number of amides is 1. The molecular formula is C15H18N2O3. The third kappa shape index (κ3) is 2.72. The molecule has 1 amide bonds. The van der Waals surface area contributed by atoms with E-state index in [9.17, 15) is 9.59 Å². The Hall–Kier alpha value is -2.14. The van der Waals surface area contributed by atoms with E-state index in [1.54, 1.807) is 38.2 Å². The van der Waals surface area contributed by atoms with Crippen molar-refractivity contribution in [3.05, 3.63) is 36.4 Å². The average molecular weight is 274 g/mol. The molecule has 0 bridgehead atoms. The molecule has 1 N–H and O–H groups in total. The van der Waals surface area contributed by atoms with Crippen LogP contribution in [0.5, 0.6) is 5.75 Å². The van der Waals surface area contributed by atoms with Crippen LogP contribution in [0.25, 0.3) is 0 Å². The summed E-state index contributed by atoms with van der Waals surface area (Å²) in [4.78, 5) is 25.4. The number of likely N-dealkylation sites (N-methyl/N-ethyl adjacent to an activating group) is 1. The van der Waals surface area contributed by atoms with Crippen LogP contribution >= 0.6 is 0 Å². The number of anilines is 1. The molecule has 0 saturated heterocycles. The molecule has 1 aromatic rings. The highest BCUT2D eigenvalue weighted by Crippen LogP contribution is 2.33. The Balaban J connectivity index is 2.21. The van der Waals surface area contributed by atoms with Crippen LogP contribution in [0.4, 0.5) is 5.69 Å². The average Bonchev–Trinajstić information content (AvgIpc) is 2.45. The first kappa shape index (κ1) is 14.3. The van der Waals surface area contributed by atoms with E-state index in [1.165, 1.54) is 4.90 Å². The fraction of sp³-hybridized carbons (Fsp3) is 0.333. The predicted molar refractivity (Wildman–Crippen MR) is 77.3 cm³/mol. The Bertz CT molecular complexity index is 554. The summed E-state index contributed by atoms with van der Waals surface area (Å²) in [6, 6.07) is 5.14. The zero-order valence-electron chi connectivity index (χ0n) is 11.7. The maximum Gasteiger partial charge on any atom is 0.267 e. The van der Waals surface area contributed by atoms with Crippen LogP contribution in [0.1, 0.15) is 17.3 Å². The SMILES string of the molecule is C=CCNCC(=O)c1ccc2c(c1)N(C)C(=O)C(C)O2. The van der Waals surface area contributed by atoms with Crippen molar-refractivity contribution < 1.29 is 14.3 Å². The second-order valence-electron chi connectivity index (χ2n) is 4.68. The molecule has 20 heavy (non-hydrogen) atoms. The second kappa shape index (κ2) is 5.88. The number of ketones is 1. The van der Waals surface area contributed by atoms with E-state index in [-0.39, 0.29) is 18.2 Å². The fourth-order valence-corrected chi connectivity index (χ4v) is 2.07. The molecule has 106 valence electrons. The summed E-state index contributed by atoms with van der Waals surface area (Å²) in [6.45, 7) is 6.10. The zero-order chi connectivity index (χ0) is 14.7. The monoisotopic (exact) mass is 274 g/mol. The van der Waals surface area contributed by atoms with E-state index in [1.807, 2.05) is 0 Å². The van der Waals surface area contributed by atoms with Gasteiger partial charge in [-0.25, -0.2) is 0 Å². The second-order valence-corrected chi connectivity index (χ2v) is 4.68. The summed E-state index contributed by atoms with van der Waals surface area (Å²) >= 11 is 0. The summed E-state index contributed by atoms with van der Waals surface area (Å²) in [6.07, 6.45) is 1.20. The molecule has 1 unspecified atom stereocenters. The number of nitrogens with one attached hydrogen (secondary N) is 1. The highest BCUT2D eigenvalue weighted by molar-refractivity contribution is 6.03. The van der Waals surface area contributed by atoms with Gasteiger partial charge < -0.3 is 15.0 Å². The van der Waals surface area contributed by atoms with Crippen molar-refractivity contribution >= 4 is 17.4 Å². The Morgan fingerprint density at radius 1 is 1.55 bits per heavy atom. The molecule has 0 aromatic heterocycles. The van der Waals surface area contributed by atoms with Gasteiger partial charge in [-0.05, 0) is 25.1 Å². The van der Waals surface area contributed by atoms with Gasteiger partial charge in [-0.15, -0.1) is 6.58 Å². The summed E-state index contributed by atoms with van der Waals surface area (Å²) in [5, 5.41) is 2.96. The molecule has 0 spiro atoms. The quantitative estimate of drug-likeness (QED) is 0.501. The lowest BCUT2D eigenvalue weighted by atomic mass is 10.1. The maximum atomic E-state index is 12.0. The maximum absolute atomic E-state index is 12.0. The first-order chi connectivity index (χ1) is 9.54. The predicted octanol–water partition coefficient (Wildman–Crippen LogP) is 1.39. The van der Waals surface area contributed by atoms with Crippen LogP contribution in [0.2, 0.25) is 0 Å². The van der Waals surface area contributed by atoms with Gasteiger partial charge in [-0.1, -0.05) is 6.08 Å². The largest absolute Gasteiger partial charge is 0.479 e. The van der Waals surface area contributed by atoms with E-state index < -0.39 is 6.10 Å². The molecule has 2 rings (SSSR count). The van der Waals surface area contributed by atoms with Crippen LogP contribution < -0.4 is 15.0 Å². The molecule has 0 radical (unpaired) electrons. The van der Waals surface area contributed by atoms with Gasteiger partial charge in [-0.2, -0.15) is 0 Å². The van der Waals surface area contributed by atoms with Gasteiger partial charge in [0.1, 0.15) is 5.75 Å². The number of carbonyl (C=O) groups is 2. The van der Waals surface area contributed by atoms with Crippen molar-refractivity contribution in [2.24, 2.45) is 0 Å². The van der Waals surface area contributed by atoms with Gasteiger partial charge in [0.05, 0.1) is 12.2 Å². The number of ether oxygens (including phenoxy) is 1. The van der Waals surface area contributed by atoms with E-state index in [2.05, 4.69) is 11.9 Å². The minimum atomic E-state index is -0.497. The highest BCUT2D eigenvalue weighted by Gasteiger charge is 2.29. The minimum absolute atomic E-state index is 0.0332. The van der Waals surface area contributed by atoms with Crippen LogP contribution in [0.3, 0.4) is 0 Å². The number of fused-ring (bicyclic) bond motifs is 1.